The Hall–Kier alpha value is -1.99. The average molecular weight is 339 g/mol. The maximum Gasteiger partial charge on any atom is 0.405 e. The van der Waals surface area contributed by atoms with Crippen LogP contribution >= 0.6 is 0 Å². The molecule has 1 atom stereocenters. The van der Waals surface area contributed by atoms with Gasteiger partial charge in [0.15, 0.2) is 5.96 Å². The van der Waals surface area contributed by atoms with E-state index in [0.717, 1.165) is 58.0 Å². The Morgan fingerprint density at radius 3 is 2.33 bits per heavy atom. The highest BCUT2D eigenvalue weighted by Gasteiger charge is 2.31. The van der Waals surface area contributed by atoms with Gasteiger partial charge in [-0.1, -0.05) is 19.3 Å². The minimum absolute atomic E-state index is 0.0920. The number of nitrogens with zero attached hydrogens (tertiary/aromatic N) is 1. The monoisotopic (exact) mass is 339 g/mol. The van der Waals surface area contributed by atoms with Crippen molar-refractivity contribution in [1.29, 1.82) is 5.41 Å². The van der Waals surface area contributed by atoms with Crippen LogP contribution in [0.1, 0.15) is 44.9 Å². The molecule has 2 aliphatic rings. The van der Waals surface area contributed by atoms with Gasteiger partial charge in [0.1, 0.15) is 6.04 Å². The third kappa shape index (κ3) is 5.28. The second-order valence-corrected chi connectivity index (χ2v) is 6.89. The number of carbonyl (C=O) groups is 2. The lowest BCUT2D eigenvalue weighted by Crippen LogP contribution is -2.52. The molecule has 0 unspecified atom stereocenters. The van der Waals surface area contributed by atoms with E-state index in [1.807, 2.05) is 4.90 Å². The predicted molar refractivity (Wildman–Crippen MR) is 90.7 cm³/mol. The van der Waals surface area contributed by atoms with E-state index in [0.29, 0.717) is 12.5 Å². The lowest BCUT2D eigenvalue weighted by molar-refractivity contribution is -0.124. The molecular weight excluding hydrogens is 310 g/mol. The van der Waals surface area contributed by atoms with E-state index in [-0.39, 0.29) is 17.8 Å². The van der Waals surface area contributed by atoms with Gasteiger partial charge in [-0.05, 0) is 37.5 Å². The van der Waals surface area contributed by atoms with Crippen molar-refractivity contribution >= 4 is 18.0 Å². The number of hydrogen-bond donors (Lipinski definition) is 5. The molecule has 2 fully saturated rings. The summed E-state index contributed by atoms with van der Waals surface area (Å²) in [5.41, 5.74) is 5.48. The van der Waals surface area contributed by atoms with E-state index in [2.05, 4.69) is 10.6 Å². The van der Waals surface area contributed by atoms with E-state index >= 15 is 0 Å². The van der Waals surface area contributed by atoms with E-state index < -0.39 is 12.1 Å². The molecule has 0 aromatic carbocycles. The lowest BCUT2D eigenvalue weighted by atomic mass is 9.83. The van der Waals surface area contributed by atoms with Crippen LogP contribution in [0.15, 0.2) is 0 Å². The van der Waals surface area contributed by atoms with Crippen molar-refractivity contribution in [2.24, 2.45) is 17.6 Å². The Morgan fingerprint density at radius 2 is 1.79 bits per heavy atom. The summed E-state index contributed by atoms with van der Waals surface area (Å²) >= 11 is 0. The largest absolute Gasteiger partial charge is 0.465 e. The van der Waals surface area contributed by atoms with Crippen molar-refractivity contribution in [2.45, 2.75) is 51.0 Å². The van der Waals surface area contributed by atoms with E-state index in [1.165, 1.54) is 0 Å². The quantitative estimate of drug-likeness (QED) is 0.375. The fourth-order valence-electron chi connectivity index (χ4n) is 3.73. The molecule has 0 bridgehead atoms. The summed E-state index contributed by atoms with van der Waals surface area (Å²) in [4.78, 5) is 25.4. The van der Waals surface area contributed by atoms with Crippen LogP contribution in [-0.2, 0) is 4.79 Å². The van der Waals surface area contributed by atoms with Gasteiger partial charge in [0.2, 0.25) is 5.91 Å². The zero-order valence-corrected chi connectivity index (χ0v) is 14.1. The summed E-state index contributed by atoms with van der Waals surface area (Å²) in [5, 5.41) is 21.8. The van der Waals surface area contributed by atoms with Crippen LogP contribution in [-0.4, -0.2) is 53.6 Å². The Balaban J connectivity index is 1.81. The Bertz CT molecular complexity index is 457. The van der Waals surface area contributed by atoms with Crippen molar-refractivity contribution < 1.29 is 14.7 Å². The summed E-state index contributed by atoms with van der Waals surface area (Å²) in [6.45, 7) is 2.01. The van der Waals surface area contributed by atoms with Gasteiger partial charge in [0.05, 0.1) is 0 Å². The maximum atomic E-state index is 12.5. The third-order valence-corrected chi connectivity index (χ3v) is 5.20. The molecule has 1 heterocycles. The number of carboxylic acid groups (broad SMARTS) is 1. The molecule has 1 aliphatic carbocycles. The molecule has 6 N–H and O–H groups in total. The highest BCUT2D eigenvalue weighted by atomic mass is 16.4. The van der Waals surface area contributed by atoms with Crippen LogP contribution in [0.25, 0.3) is 0 Å². The number of guanidine groups is 1. The van der Waals surface area contributed by atoms with Gasteiger partial charge in [0.25, 0.3) is 0 Å². The van der Waals surface area contributed by atoms with Crippen LogP contribution in [0.3, 0.4) is 0 Å². The van der Waals surface area contributed by atoms with Crippen LogP contribution < -0.4 is 16.4 Å². The SMILES string of the molecule is N=C(N)N1CCC(CNC(=O)[C@@H](NC(=O)O)C2CCCCC2)CC1. The zero-order valence-electron chi connectivity index (χ0n) is 14.1. The Labute approximate surface area is 142 Å². The van der Waals surface area contributed by atoms with Crippen molar-refractivity contribution in [2.75, 3.05) is 19.6 Å². The van der Waals surface area contributed by atoms with Crippen LogP contribution in [0.2, 0.25) is 0 Å². The molecule has 8 heteroatoms. The first kappa shape index (κ1) is 18.4. The van der Waals surface area contributed by atoms with Crippen molar-refractivity contribution in [3.05, 3.63) is 0 Å². The smallest absolute Gasteiger partial charge is 0.405 e. The van der Waals surface area contributed by atoms with Gasteiger partial charge in [-0.25, -0.2) is 4.79 Å². The minimum Gasteiger partial charge on any atom is -0.465 e. The van der Waals surface area contributed by atoms with Crippen LogP contribution in [0, 0.1) is 17.2 Å². The minimum atomic E-state index is -1.14. The lowest BCUT2D eigenvalue weighted by Gasteiger charge is -2.33. The first-order chi connectivity index (χ1) is 11.5. The highest BCUT2D eigenvalue weighted by molar-refractivity contribution is 5.85. The molecule has 1 saturated heterocycles. The van der Waals surface area contributed by atoms with E-state index in [4.69, 9.17) is 16.2 Å². The number of hydrogen-bond acceptors (Lipinski definition) is 3. The van der Waals surface area contributed by atoms with Gasteiger partial charge >= 0.3 is 6.09 Å². The molecule has 0 spiro atoms. The number of nitrogens with one attached hydrogen (secondary N) is 3. The topological polar surface area (TPSA) is 132 Å². The van der Waals surface area contributed by atoms with Gasteiger partial charge in [-0.15, -0.1) is 0 Å². The molecule has 8 nitrogen and oxygen atoms in total. The van der Waals surface area contributed by atoms with Gasteiger partial charge in [0, 0.05) is 19.6 Å². The number of piperidine rings is 1. The second-order valence-electron chi connectivity index (χ2n) is 6.89. The molecule has 0 aromatic rings. The number of rotatable bonds is 5. The summed E-state index contributed by atoms with van der Waals surface area (Å²) in [7, 11) is 0. The van der Waals surface area contributed by atoms with Gasteiger partial charge in [-0.2, -0.15) is 0 Å². The first-order valence-electron chi connectivity index (χ1n) is 8.83. The van der Waals surface area contributed by atoms with Crippen LogP contribution in [0.4, 0.5) is 4.79 Å². The average Bonchev–Trinajstić information content (AvgIpc) is 2.58. The number of amides is 2. The zero-order chi connectivity index (χ0) is 17.5. The fourth-order valence-corrected chi connectivity index (χ4v) is 3.73. The number of likely N-dealkylation sites (tertiary alicyclic amines) is 1. The summed E-state index contributed by atoms with van der Waals surface area (Å²) < 4.78 is 0. The molecule has 1 aliphatic heterocycles. The molecule has 1 saturated carbocycles. The summed E-state index contributed by atoms with van der Waals surface area (Å²) in [6, 6.07) is -0.653. The fraction of sp³-hybridized carbons (Fsp3) is 0.812. The van der Waals surface area contributed by atoms with Crippen molar-refractivity contribution in [1.82, 2.24) is 15.5 Å². The van der Waals surface area contributed by atoms with Gasteiger partial charge in [-0.3, -0.25) is 10.2 Å². The molecule has 2 amide bonds. The molecule has 24 heavy (non-hydrogen) atoms. The van der Waals surface area contributed by atoms with Crippen molar-refractivity contribution in [3.63, 3.8) is 0 Å². The molecule has 2 rings (SSSR count). The normalized spacial score (nSPS) is 21.1. The van der Waals surface area contributed by atoms with Crippen molar-refractivity contribution in [3.8, 4) is 0 Å². The number of carbonyl (C=O) groups excluding carboxylic acids is 1. The molecule has 0 radical (unpaired) electrons. The molecule has 0 aromatic heterocycles. The summed E-state index contributed by atoms with van der Waals surface area (Å²) in [6.07, 6.45) is 5.67. The Kier molecular flexibility index (Phi) is 6.69. The molecular formula is C16H29N5O3. The highest BCUT2D eigenvalue weighted by Crippen LogP contribution is 2.26. The summed E-state index contributed by atoms with van der Waals surface area (Å²) in [5.74, 6) is 0.328. The van der Waals surface area contributed by atoms with Crippen LogP contribution in [0.5, 0.6) is 0 Å². The molecule has 136 valence electrons. The maximum absolute atomic E-state index is 12.5. The predicted octanol–water partition coefficient (Wildman–Crippen LogP) is 0.925. The van der Waals surface area contributed by atoms with E-state index in [9.17, 15) is 9.59 Å². The standard InChI is InChI=1S/C16H29N5O3/c17-15(18)21-8-6-11(7-9-21)10-19-14(22)13(20-16(23)24)12-4-2-1-3-5-12/h11-13,20H,1-10H2,(H3,17,18)(H,19,22)(H,23,24)/t13-/m0/s1. The first-order valence-corrected chi connectivity index (χ1v) is 8.83. The number of nitrogens with two attached hydrogens (primary N) is 1. The van der Waals surface area contributed by atoms with E-state index in [1.54, 1.807) is 0 Å². The Morgan fingerprint density at radius 1 is 1.17 bits per heavy atom. The van der Waals surface area contributed by atoms with Gasteiger partial charge < -0.3 is 26.4 Å². The third-order valence-electron chi connectivity index (χ3n) is 5.20. The second kappa shape index (κ2) is 8.75.